The Morgan fingerprint density at radius 2 is 2.18 bits per heavy atom. The molecule has 0 aliphatic carbocycles. The number of unbranched alkanes of at least 4 members (excludes halogenated alkanes) is 1. The third-order valence-corrected chi connectivity index (χ3v) is 6.35. The van der Waals surface area contributed by atoms with Gasteiger partial charge < -0.3 is 15.3 Å². The molecule has 0 spiro atoms. The van der Waals surface area contributed by atoms with Crippen LogP contribution in [-0.4, -0.2) is 56.6 Å². The number of rotatable bonds is 6. The Labute approximate surface area is 167 Å². The van der Waals surface area contributed by atoms with Crippen molar-refractivity contribution in [3.8, 4) is 0 Å². The van der Waals surface area contributed by atoms with Crippen molar-refractivity contribution in [1.29, 1.82) is 0 Å². The Morgan fingerprint density at radius 1 is 1.32 bits per heavy atom. The number of piperidine rings is 2. The summed E-state index contributed by atoms with van der Waals surface area (Å²) >= 11 is 0. The van der Waals surface area contributed by atoms with Gasteiger partial charge in [0.15, 0.2) is 5.65 Å². The van der Waals surface area contributed by atoms with Gasteiger partial charge in [-0.25, -0.2) is 14.6 Å². The second kappa shape index (κ2) is 7.95. The molecule has 2 atom stereocenters. The average molecular weight is 387 g/mol. The summed E-state index contributed by atoms with van der Waals surface area (Å²) in [4.78, 5) is 11.7. The number of hydrogen-bond acceptors (Lipinski definition) is 6. The summed E-state index contributed by atoms with van der Waals surface area (Å²) in [7, 11) is 0. The molecule has 2 aromatic rings. The van der Waals surface area contributed by atoms with E-state index in [1.807, 2.05) is 0 Å². The molecule has 0 amide bonds. The van der Waals surface area contributed by atoms with Gasteiger partial charge in [-0.2, -0.15) is 5.10 Å². The van der Waals surface area contributed by atoms with E-state index in [2.05, 4.69) is 40.7 Å². The van der Waals surface area contributed by atoms with Crippen LogP contribution in [0.1, 0.15) is 52.1 Å². The van der Waals surface area contributed by atoms with Gasteiger partial charge in [0.25, 0.3) is 0 Å². The minimum absolute atomic E-state index is 0.240. The highest BCUT2D eigenvalue weighted by Gasteiger charge is 2.43. The molecule has 7 nitrogen and oxygen atoms in total. The zero-order chi connectivity index (χ0) is 19.7. The number of hydrogen-bond donors (Lipinski definition) is 2. The first-order chi connectivity index (χ1) is 13.5. The molecule has 7 heteroatoms. The second-order valence-corrected chi connectivity index (χ2v) is 8.97. The number of anilines is 1. The van der Waals surface area contributed by atoms with Crippen molar-refractivity contribution in [1.82, 2.24) is 25.1 Å². The molecule has 4 rings (SSSR count). The number of aryl methyl sites for hydroxylation is 1. The summed E-state index contributed by atoms with van der Waals surface area (Å²) in [6.07, 6.45) is 6.49. The normalized spacial score (nSPS) is 25.5. The van der Waals surface area contributed by atoms with Crippen molar-refractivity contribution in [3.05, 3.63) is 12.0 Å². The lowest BCUT2D eigenvalue weighted by Gasteiger charge is -2.47. The highest BCUT2D eigenvalue weighted by molar-refractivity contribution is 5.90. The maximum atomic E-state index is 11.0. The SMILES string of the molecule is CCCCn1nc(CC(C)C)c2c(N3CC[C@@]4(O)CCNC[C@H]4C3)ncnc21. The van der Waals surface area contributed by atoms with Crippen LogP contribution >= 0.6 is 0 Å². The summed E-state index contributed by atoms with van der Waals surface area (Å²) < 4.78 is 2.07. The van der Waals surface area contributed by atoms with Gasteiger partial charge in [-0.1, -0.05) is 27.2 Å². The number of aromatic nitrogens is 4. The van der Waals surface area contributed by atoms with Gasteiger partial charge in [0.05, 0.1) is 16.7 Å². The van der Waals surface area contributed by atoms with Gasteiger partial charge in [0.2, 0.25) is 0 Å². The Morgan fingerprint density at radius 3 is 2.96 bits per heavy atom. The lowest BCUT2D eigenvalue weighted by molar-refractivity contribution is -0.0539. The summed E-state index contributed by atoms with van der Waals surface area (Å²) in [5.74, 6) is 1.76. The van der Waals surface area contributed by atoms with E-state index < -0.39 is 5.60 Å². The fourth-order valence-corrected chi connectivity index (χ4v) is 4.71. The van der Waals surface area contributed by atoms with Gasteiger partial charge >= 0.3 is 0 Å². The number of fused-ring (bicyclic) bond motifs is 2. The van der Waals surface area contributed by atoms with Crippen LogP contribution in [0.4, 0.5) is 5.82 Å². The van der Waals surface area contributed by atoms with E-state index in [0.717, 1.165) is 87.4 Å². The first-order valence-corrected chi connectivity index (χ1v) is 10.9. The van der Waals surface area contributed by atoms with Crippen LogP contribution in [0.2, 0.25) is 0 Å². The van der Waals surface area contributed by atoms with Crippen molar-refractivity contribution in [2.75, 3.05) is 31.1 Å². The lowest BCUT2D eigenvalue weighted by atomic mass is 9.76. The van der Waals surface area contributed by atoms with Crippen LogP contribution in [-0.2, 0) is 13.0 Å². The van der Waals surface area contributed by atoms with Crippen LogP contribution in [0.3, 0.4) is 0 Å². The fourth-order valence-electron chi connectivity index (χ4n) is 4.71. The first kappa shape index (κ1) is 19.6. The van der Waals surface area contributed by atoms with Crippen molar-refractivity contribution in [2.24, 2.45) is 11.8 Å². The molecule has 2 aliphatic heterocycles. The van der Waals surface area contributed by atoms with Crippen molar-refractivity contribution in [3.63, 3.8) is 0 Å². The maximum absolute atomic E-state index is 11.0. The monoisotopic (exact) mass is 386 g/mol. The molecule has 0 bridgehead atoms. The first-order valence-electron chi connectivity index (χ1n) is 10.9. The molecule has 2 fully saturated rings. The minimum atomic E-state index is -0.528. The zero-order valence-electron chi connectivity index (χ0n) is 17.5. The van der Waals surface area contributed by atoms with E-state index in [1.54, 1.807) is 6.33 Å². The molecule has 2 N–H and O–H groups in total. The molecule has 2 aliphatic rings. The molecular weight excluding hydrogens is 352 g/mol. The molecule has 154 valence electrons. The third-order valence-electron chi connectivity index (χ3n) is 6.35. The number of nitrogens with one attached hydrogen (secondary N) is 1. The smallest absolute Gasteiger partial charge is 0.163 e. The van der Waals surface area contributed by atoms with E-state index in [4.69, 9.17) is 10.1 Å². The summed E-state index contributed by atoms with van der Waals surface area (Å²) in [6.45, 7) is 11.0. The molecule has 0 saturated carbocycles. The molecule has 0 aromatic carbocycles. The molecule has 4 heterocycles. The van der Waals surface area contributed by atoms with Crippen molar-refractivity contribution >= 4 is 16.9 Å². The van der Waals surface area contributed by atoms with Gasteiger partial charge in [0.1, 0.15) is 12.1 Å². The molecule has 28 heavy (non-hydrogen) atoms. The van der Waals surface area contributed by atoms with Crippen LogP contribution < -0.4 is 10.2 Å². The Kier molecular flexibility index (Phi) is 5.56. The van der Waals surface area contributed by atoms with Gasteiger partial charge in [-0.3, -0.25) is 0 Å². The molecule has 0 radical (unpaired) electrons. The lowest BCUT2D eigenvalue weighted by Crippen LogP contribution is -2.59. The summed E-state index contributed by atoms with van der Waals surface area (Å²) in [5, 5.41) is 20.5. The Balaban J connectivity index is 1.71. The quantitative estimate of drug-likeness (QED) is 0.794. The van der Waals surface area contributed by atoms with E-state index in [0.29, 0.717) is 5.92 Å². The summed E-state index contributed by atoms with van der Waals surface area (Å²) in [6, 6.07) is 0. The highest BCUT2D eigenvalue weighted by Crippen LogP contribution is 2.37. The van der Waals surface area contributed by atoms with Crippen LogP contribution in [0.15, 0.2) is 6.33 Å². The fraction of sp³-hybridized carbons (Fsp3) is 0.762. The predicted octanol–water partition coefficient (Wildman–Crippen LogP) is 2.38. The van der Waals surface area contributed by atoms with Crippen molar-refractivity contribution < 1.29 is 5.11 Å². The van der Waals surface area contributed by atoms with E-state index in [9.17, 15) is 5.11 Å². The van der Waals surface area contributed by atoms with Gasteiger partial charge in [-0.15, -0.1) is 0 Å². The number of aliphatic hydroxyl groups is 1. The Bertz CT molecular complexity index is 819. The van der Waals surface area contributed by atoms with Crippen LogP contribution in [0.25, 0.3) is 11.0 Å². The third kappa shape index (κ3) is 3.62. The molecule has 2 saturated heterocycles. The van der Waals surface area contributed by atoms with E-state index in [-0.39, 0.29) is 5.92 Å². The van der Waals surface area contributed by atoms with E-state index >= 15 is 0 Å². The standard InChI is InChI=1S/C21H34N6O/c1-4-5-9-27-20-18(17(25-27)11-15(2)3)19(23-14-24-20)26-10-7-21(28)6-8-22-12-16(21)13-26/h14-16,22,28H,4-13H2,1-3H3/t16-,21-/m0/s1. The van der Waals surface area contributed by atoms with Gasteiger partial charge in [0, 0.05) is 32.1 Å². The van der Waals surface area contributed by atoms with E-state index in [1.165, 1.54) is 0 Å². The van der Waals surface area contributed by atoms with Crippen LogP contribution in [0.5, 0.6) is 0 Å². The van der Waals surface area contributed by atoms with Gasteiger partial charge in [-0.05, 0) is 38.1 Å². The van der Waals surface area contributed by atoms with Crippen LogP contribution in [0, 0.1) is 11.8 Å². The largest absolute Gasteiger partial charge is 0.389 e. The Hall–Kier alpha value is -1.73. The van der Waals surface area contributed by atoms with Crippen molar-refractivity contribution in [2.45, 2.75) is 65.0 Å². The molecule has 2 aromatic heterocycles. The second-order valence-electron chi connectivity index (χ2n) is 8.97. The zero-order valence-corrected chi connectivity index (χ0v) is 17.5. The average Bonchev–Trinajstić information content (AvgIpc) is 3.02. The number of nitrogens with zero attached hydrogens (tertiary/aromatic N) is 5. The molecular formula is C21H34N6O. The molecule has 0 unspecified atom stereocenters. The predicted molar refractivity (Wildman–Crippen MR) is 112 cm³/mol. The maximum Gasteiger partial charge on any atom is 0.163 e. The summed E-state index contributed by atoms with van der Waals surface area (Å²) in [5.41, 5.74) is 1.54. The topological polar surface area (TPSA) is 79.1 Å². The highest BCUT2D eigenvalue weighted by atomic mass is 16.3. The minimum Gasteiger partial charge on any atom is -0.389 e.